The molecule has 7 heteroatoms. The molecule has 0 aliphatic rings. The molecule has 0 aliphatic carbocycles. The van der Waals surface area contributed by atoms with Crippen molar-refractivity contribution in [3.63, 3.8) is 0 Å². The van der Waals surface area contributed by atoms with Crippen LogP contribution in [0.3, 0.4) is 0 Å². The number of hydrogen-bond donors (Lipinski definition) is 1. The molecule has 0 fully saturated rings. The number of thioether (sulfide) groups is 1. The first-order chi connectivity index (χ1) is 15.1. The highest BCUT2D eigenvalue weighted by molar-refractivity contribution is 7.98. The Kier molecular flexibility index (Phi) is 6.84. The van der Waals surface area contributed by atoms with Gasteiger partial charge in [0.1, 0.15) is 0 Å². The van der Waals surface area contributed by atoms with Gasteiger partial charge >= 0.3 is 0 Å². The van der Waals surface area contributed by atoms with E-state index in [1.54, 1.807) is 23.1 Å². The molecular weight excluding hydrogens is 424 g/mol. The largest absolute Gasteiger partial charge is 0.348 e. The third-order valence-corrected chi connectivity index (χ3v) is 6.61. The van der Waals surface area contributed by atoms with E-state index < -0.39 is 0 Å². The van der Waals surface area contributed by atoms with Gasteiger partial charge in [-0.25, -0.2) is 4.98 Å². The van der Waals surface area contributed by atoms with Crippen molar-refractivity contribution in [2.75, 3.05) is 0 Å². The summed E-state index contributed by atoms with van der Waals surface area (Å²) < 4.78 is 2.00. The molecule has 0 radical (unpaired) electrons. The fourth-order valence-corrected chi connectivity index (χ4v) is 4.98. The second kappa shape index (κ2) is 9.94. The minimum absolute atomic E-state index is 0.0645. The Bertz CT molecular complexity index is 1170. The van der Waals surface area contributed by atoms with E-state index in [0.717, 1.165) is 45.4 Å². The number of amides is 1. The van der Waals surface area contributed by atoms with Gasteiger partial charge in [0.15, 0.2) is 0 Å². The third-order valence-electron chi connectivity index (χ3n) is 4.87. The highest BCUT2D eigenvalue weighted by Gasteiger charge is 2.12. The Morgan fingerprint density at radius 3 is 2.71 bits per heavy atom. The lowest BCUT2D eigenvalue weighted by Gasteiger charge is -2.11. The van der Waals surface area contributed by atoms with E-state index in [1.165, 1.54) is 0 Å². The van der Waals surface area contributed by atoms with Crippen molar-refractivity contribution in [3.05, 3.63) is 99.3 Å². The molecule has 158 valence electrons. The molecule has 2 heterocycles. The van der Waals surface area contributed by atoms with E-state index in [9.17, 15) is 4.79 Å². The molecule has 5 nitrogen and oxygen atoms in total. The van der Waals surface area contributed by atoms with Crippen molar-refractivity contribution in [3.8, 4) is 0 Å². The number of aromatic nitrogens is 3. The molecule has 0 spiro atoms. The molecule has 0 aliphatic heterocycles. The second-order valence-corrected chi connectivity index (χ2v) is 9.09. The minimum atomic E-state index is -0.0645. The maximum atomic E-state index is 12.9. The van der Waals surface area contributed by atoms with Gasteiger partial charge in [0.05, 0.1) is 29.0 Å². The van der Waals surface area contributed by atoms with Crippen molar-refractivity contribution in [1.82, 2.24) is 20.1 Å². The number of benzene rings is 2. The molecule has 2 aromatic carbocycles. The van der Waals surface area contributed by atoms with Crippen LogP contribution in [0.1, 0.15) is 38.6 Å². The van der Waals surface area contributed by atoms with Gasteiger partial charge in [0.25, 0.3) is 5.91 Å². The number of carbonyl (C=O) groups is 1. The number of rotatable bonds is 8. The standard InChI is InChI=1S/C24H24N4OS2/c1-17-10-18(2)28(27-17)13-20-7-5-6-19(11-20)12-25-24(29)22-8-3-4-9-23(22)31-15-21-14-30-16-26-21/h3-11,14,16H,12-13,15H2,1-2H3,(H,25,29). The molecule has 0 atom stereocenters. The summed E-state index contributed by atoms with van der Waals surface area (Å²) in [6, 6.07) is 18.1. The molecule has 4 rings (SSSR count). The molecule has 0 bridgehead atoms. The summed E-state index contributed by atoms with van der Waals surface area (Å²) in [5, 5.41) is 9.64. The first-order valence-electron chi connectivity index (χ1n) is 10.0. The molecule has 2 aromatic heterocycles. The Morgan fingerprint density at radius 2 is 1.94 bits per heavy atom. The third kappa shape index (κ3) is 5.62. The van der Waals surface area contributed by atoms with Crippen molar-refractivity contribution in [2.45, 2.75) is 37.6 Å². The lowest BCUT2D eigenvalue weighted by atomic mass is 10.1. The molecule has 4 aromatic rings. The summed E-state index contributed by atoms with van der Waals surface area (Å²) >= 11 is 3.22. The average Bonchev–Trinajstić information content (AvgIpc) is 3.40. The predicted octanol–water partition coefficient (Wildman–Crippen LogP) is 5.23. The number of thiazole rings is 1. The fourth-order valence-electron chi connectivity index (χ4n) is 3.36. The topological polar surface area (TPSA) is 59.8 Å². The van der Waals surface area contributed by atoms with E-state index in [1.807, 2.05) is 58.9 Å². The van der Waals surface area contributed by atoms with Crippen molar-refractivity contribution < 1.29 is 4.79 Å². The molecule has 1 amide bonds. The van der Waals surface area contributed by atoms with Crippen molar-refractivity contribution in [1.29, 1.82) is 0 Å². The average molecular weight is 449 g/mol. The van der Waals surface area contributed by atoms with E-state index in [0.29, 0.717) is 12.1 Å². The van der Waals surface area contributed by atoms with Gasteiger partial charge in [-0.1, -0.05) is 36.4 Å². The lowest BCUT2D eigenvalue weighted by molar-refractivity contribution is 0.0948. The first-order valence-corrected chi connectivity index (χ1v) is 12.0. The Hall–Kier alpha value is -2.90. The Labute approximate surface area is 190 Å². The van der Waals surface area contributed by atoms with Crippen LogP contribution in [-0.2, 0) is 18.8 Å². The summed E-state index contributed by atoms with van der Waals surface area (Å²) in [4.78, 5) is 18.2. The van der Waals surface area contributed by atoms with Crippen molar-refractivity contribution in [2.24, 2.45) is 0 Å². The minimum Gasteiger partial charge on any atom is -0.348 e. The van der Waals surface area contributed by atoms with Gasteiger partial charge in [0.2, 0.25) is 0 Å². The van der Waals surface area contributed by atoms with Crippen LogP contribution < -0.4 is 5.32 Å². The second-order valence-electron chi connectivity index (χ2n) is 7.35. The molecule has 0 saturated heterocycles. The zero-order chi connectivity index (χ0) is 21.6. The van der Waals surface area contributed by atoms with E-state index in [2.05, 4.69) is 40.5 Å². The highest BCUT2D eigenvalue weighted by atomic mass is 32.2. The van der Waals surface area contributed by atoms with Gasteiger partial charge < -0.3 is 5.32 Å². The van der Waals surface area contributed by atoms with Crippen LogP contribution in [0.2, 0.25) is 0 Å². The van der Waals surface area contributed by atoms with Crippen LogP contribution in [0.4, 0.5) is 0 Å². The summed E-state index contributed by atoms with van der Waals surface area (Å²) in [6.45, 7) is 5.27. The number of nitrogens with one attached hydrogen (secondary N) is 1. The smallest absolute Gasteiger partial charge is 0.252 e. The van der Waals surface area contributed by atoms with Gasteiger partial charge in [-0.05, 0) is 43.2 Å². The monoisotopic (exact) mass is 448 g/mol. The van der Waals surface area contributed by atoms with Crippen LogP contribution in [-0.4, -0.2) is 20.7 Å². The summed E-state index contributed by atoms with van der Waals surface area (Å²) in [6.07, 6.45) is 0. The number of aryl methyl sites for hydroxylation is 2. The zero-order valence-corrected chi connectivity index (χ0v) is 19.2. The van der Waals surface area contributed by atoms with Crippen LogP contribution in [0.15, 0.2) is 70.4 Å². The van der Waals surface area contributed by atoms with E-state index in [4.69, 9.17) is 0 Å². The lowest BCUT2D eigenvalue weighted by Crippen LogP contribution is -2.23. The number of carbonyl (C=O) groups excluding carboxylic acids is 1. The van der Waals surface area contributed by atoms with Gasteiger partial charge in [-0.3, -0.25) is 9.48 Å². The summed E-state index contributed by atoms with van der Waals surface area (Å²) in [5.41, 5.74) is 7.95. The van der Waals surface area contributed by atoms with Gasteiger partial charge in [-0.15, -0.1) is 23.1 Å². The first kappa shape index (κ1) is 21.3. The van der Waals surface area contributed by atoms with E-state index in [-0.39, 0.29) is 5.91 Å². The van der Waals surface area contributed by atoms with Crippen LogP contribution in [0.25, 0.3) is 0 Å². The Balaban J connectivity index is 1.39. The van der Waals surface area contributed by atoms with Crippen LogP contribution in [0.5, 0.6) is 0 Å². The quantitative estimate of drug-likeness (QED) is 0.375. The molecule has 0 saturated carbocycles. The molecule has 0 unspecified atom stereocenters. The predicted molar refractivity (Wildman–Crippen MR) is 127 cm³/mol. The van der Waals surface area contributed by atoms with Crippen molar-refractivity contribution >= 4 is 29.0 Å². The van der Waals surface area contributed by atoms with Crippen LogP contribution >= 0.6 is 23.1 Å². The maximum absolute atomic E-state index is 12.9. The number of hydrogen-bond acceptors (Lipinski definition) is 5. The zero-order valence-electron chi connectivity index (χ0n) is 17.5. The maximum Gasteiger partial charge on any atom is 0.252 e. The Morgan fingerprint density at radius 1 is 1.10 bits per heavy atom. The van der Waals surface area contributed by atoms with Gasteiger partial charge in [-0.2, -0.15) is 5.10 Å². The van der Waals surface area contributed by atoms with Crippen LogP contribution in [0, 0.1) is 13.8 Å². The molecule has 31 heavy (non-hydrogen) atoms. The molecular formula is C24H24N4OS2. The highest BCUT2D eigenvalue weighted by Crippen LogP contribution is 2.26. The summed E-state index contributed by atoms with van der Waals surface area (Å²) in [5.74, 6) is 0.688. The molecule has 1 N–H and O–H groups in total. The number of nitrogens with zero attached hydrogens (tertiary/aromatic N) is 3. The normalized spacial score (nSPS) is 10.9. The van der Waals surface area contributed by atoms with Gasteiger partial charge in [0, 0.05) is 28.3 Å². The van der Waals surface area contributed by atoms with E-state index >= 15 is 0 Å². The SMILES string of the molecule is Cc1cc(C)n(Cc2cccc(CNC(=O)c3ccccc3SCc3cscn3)c2)n1. The fraction of sp³-hybridized carbons (Fsp3) is 0.208. The summed E-state index contributed by atoms with van der Waals surface area (Å²) in [7, 11) is 0.